The second kappa shape index (κ2) is 7.93. The van der Waals surface area contributed by atoms with Gasteiger partial charge < -0.3 is 9.72 Å². The highest BCUT2D eigenvalue weighted by molar-refractivity contribution is 6.20. The highest BCUT2D eigenvalue weighted by atomic mass is 16.5. The molecule has 4 aromatic rings. The summed E-state index contributed by atoms with van der Waals surface area (Å²) < 4.78 is 7.59. The molecule has 6 rings (SSSR count). The molecule has 6 heteroatoms. The fourth-order valence-corrected chi connectivity index (χ4v) is 5.78. The molecule has 0 bridgehead atoms. The number of hydrogen-bond donors (Lipinski definition) is 1. The molecule has 35 heavy (non-hydrogen) atoms. The Kier molecular flexibility index (Phi) is 4.94. The molecule has 1 saturated heterocycles. The normalized spacial score (nSPS) is 17.3. The van der Waals surface area contributed by atoms with Gasteiger partial charge in [-0.25, -0.2) is 0 Å². The first kappa shape index (κ1) is 21.8. The summed E-state index contributed by atoms with van der Waals surface area (Å²) >= 11 is 0. The summed E-state index contributed by atoms with van der Waals surface area (Å²) in [6.45, 7) is 8.01. The number of carbonyl (C=O) groups excluding carboxylic acids is 1. The molecule has 2 aliphatic rings. The lowest BCUT2D eigenvalue weighted by Gasteiger charge is -2.33. The number of aromatic nitrogens is 3. The predicted octanol–water partition coefficient (Wildman–Crippen LogP) is 5.69. The predicted molar refractivity (Wildman–Crippen MR) is 135 cm³/mol. The number of nitrogens with zero attached hydrogens (tertiary/aromatic N) is 3. The zero-order chi connectivity index (χ0) is 24.3. The van der Waals surface area contributed by atoms with E-state index >= 15 is 0 Å². The molecule has 0 amide bonds. The van der Waals surface area contributed by atoms with Gasteiger partial charge in [-0.2, -0.15) is 10.4 Å². The van der Waals surface area contributed by atoms with Gasteiger partial charge >= 0.3 is 0 Å². The Bertz CT molecular complexity index is 1530. The van der Waals surface area contributed by atoms with Gasteiger partial charge in [0, 0.05) is 52.5 Å². The van der Waals surface area contributed by atoms with E-state index < -0.39 is 5.41 Å². The molecule has 1 N–H and O–H groups in total. The summed E-state index contributed by atoms with van der Waals surface area (Å²) in [5.41, 5.74) is 7.80. The van der Waals surface area contributed by atoms with E-state index in [0.717, 1.165) is 82.5 Å². The quantitative estimate of drug-likeness (QED) is 0.422. The van der Waals surface area contributed by atoms with Crippen molar-refractivity contribution < 1.29 is 9.53 Å². The Morgan fingerprint density at radius 2 is 2.00 bits per heavy atom. The first-order valence-electron chi connectivity index (χ1n) is 12.3. The van der Waals surface area contributed by atoms with Crippen molar-refractivity contribution in [3.63, 3.8) is 0 Å². The molecule has 0 saturated carbocycles. The number of aromatic amines is 1. The van der Waals surface area contributed by atoms with Crippen LogP contribution in [-0.4, -0.2) is 33.8 Å². The van der Waals surface area contributed by atoms with E-state index in [0.29, 0.717) is 11.6 Å². The standard InChI is InChI=1S/C29H28N4O2/c1-4-18-12-23-24(13-22(18)19-15-31-33(16-19)20-7-9-35-10-8-20)29(2,3)28-26(27(23)34)21-6-5-17(14-30)11-25(21)32-28/h5-6,11-13,15-16,20,32H,4,7-10H2,1-3H3. The minimum absolute atomic E-state index is 0.0458. The molecule has 0 spiro atoms. The van der Waals surface area contributed by atoms with Gasteiger partial charge in [-0.1, -0.05) is 26.8 Å². The largest absolute Gasteiger partial charge is 0.381 e. The SMILES string of the molecule is CCc1cc2c(cc1-c1cnn(C3CCOCC3)c1)C(C)(C)c1[nH]c3cc(C#N)ccc3c1C2=O. The zero-order valence-corrected chi connectivity index (χ0v) is 20.3. The lowest BCUT2D eigenvalue weighted by Crippen LogP contribution is -2.30. The number of benzene rings is 2. The lowest BCUT2D eigenvalue weighted by atomic mass is 9.70. The summed E-state index contributed by atoms with van der Waals surface area (Å²) in [4.78, 5) is 17.3. The van der Waals surface area contributed by atoms with Gasteiger partial charge in [-0.15, -0.1) is 0 Å². The third-order valence-corrected chi connectivity index (χ3v) is 7.80. The van der Waals surface area contributed by atoms with Crippen LogP contribution in [0.1, 0.15) is 78.0 Å². The number of nitrogens with one attached hydrogen (secondary N) is 1. The molecule has 1 aliphatic carbocycles. The van der Waals surface area contributed by atoms with Crippen molar-refractivity contribution in [3.05, 3.63) is 76.2 Å². The fourth-order valence-electron chi connectivity index (χ4n) is 5.78. The van der Waals surface area contributed by atoms with E-state index in [4.69, 9.17) is 9.84 Å². The maximum absolute atomic E-state index is 13.8. The van der Waals surface area contributed by atoms with E-state index in [9.17, 15) is 10.1 Å². The Labute approximate surface area is 204 Å². The van der Waals surface area contributed by atoms with Crippen LogP contribution in [0.4, 0.5) is 0 Å². The molecule has 2 aromatic carbocycles. The molecule has 0 radical (unpaired) electrons. The monoisotopic (exact) mass is 464 g/mol. The van der Waals surface area contributed by atoms with E-state index in [1.54, 1.807) is 6.07 Å². The Morgan fingerprint density at radius 1 is 1.20 bits per heavy atom. The number of carbonyl (C=O) groups is 1. The zero-order valence-electron chi connectivity index (χ0n) is 20.3. The molecule has 1 aliphatic heterocycles. The van der Waals surface area contributed by atoms with Gasteiger partial charge in [0.25, 0.3) is 0 Å². The summed E-state index contributed by atoms with van der Waals surface area (Å²) in [6.07, 6.45) is 6.87. The molecule has 2 aromatic heterocycles. The number of hydrogen-bond acceptors (Lipinski definition) is 4. The van der Waals surface area contributed by atoms with E-state index in [1.165, 1.54) is 0 Å². The molecule has 3 heterocycles. The van der Waals surface area contributed by atoms with Gasteiger partial charge in [0.2, 0.25) is 0 Å². The molecular formula is C29H28N4O2. The van der Waals surface area contributed by atoms with Crippen LogP contribution in [0, 0.1) is 11.3 Å². The van der Waals surface area contributed by atoms with Crippen molar-refractivity contribution >= 4 is 16.7 Å². The first-order valence-corrected chi connectivity index (χ1v) is 12.3. The average molecular weight is 465 g/mol. The molecule has 0 unspecified atom stereocenters. The highest BCUT2D eigenvalue weighted by Gasteiger charge is 2.40. The molecule has 176 valence electrons. The van der Waals surface area contributed by atoms with Crippen molar-refractivity contribution in [2.45, 2.75) is 51.5 Å². The van der Waals surface area contributed by atoms with Gasteiger partial charge in [0.15, 0.2) is 5.78 Å². The van der Waals surface area contributed by atoms with Crippen LogP contribution in [0.2, 0.25) is 0 Å². The van der Waals surface area contributed by atoms with E-state index in [-0.39, 0.29) is 5.78 Å². The molecule has 0 atom stereocenters. The summed E-state index contributed by atoms with van der Waals surface area (Å²) in [5, 5.41) is 14.9. The van der Waals surface area contributed by atoms with Crippen LogP contribution < -0.4 is 0 Å². The maximum atomic E-state index is 13.8. The average Bonchev–Trinajstić information content (AvgIpc) is 3.53. The minimum atomic E-state index is -0.401. The summed E-state index contributed by atoms with van der Waals surface area (Å²) in [6, 6.07) is 12.4. The topological polar surface area (TPSA) is 83.7 Å². The van der Waals surface area contributed by atoms with Crippen molar-refractivity contribution in [2.75, 3.05) is 13.2 Å². The van der Waals surface area contributed by atoms with Crippen molar-refractivity contribution in [1.82, 2.24) is 14.8 Å². The number of ketones is 1. The number of nitriles is 1. The second-order valence-electron chi connectivity index (χ2n) is 10.2. The van der Waals surface area contributed by atoms with Gasteiger partial charge in [-0.3, -0.25) is 9.48 Å². The molecule has 1 fully saturated rings. The Balaban J connectivity index is 1.50. The van der Waals surface area contributed by atoms with Gasteiger partial charge in [0.1, 0.15) is 0 Å². The Morgan fingerprint density at radius 3 is 2.74 bits per heavy atom. The number of aryl methyl sites for hydroxylation is 1. The highest BCUT2D eigenvalue weighted by Crippen LogP contribution is 2.45. The minimum Gasteiger partial charge on any atom is -0.381 e. The third-order valence-electron chi connectivity index (χ3n) is 7.80. The van der Waals surface area contributed by atoms with Gasteiger partial charge in [0.05, 0.1) is 29.4 Å². The van der Waals surface area contributed by atoms with Gasteiger partial charge in [-0.05, 0) is 60.2 Å². The summed E-state index contributed by atoms with van der Waals surface area (Å²) in [5.74, 6) is 0.0458. The van der Waals surface area contributed by atoms with Crippen LogP contribution in [0.15, 0.2) is 42.7 Å². The number of fused-ring (bicyclic) bond motifs is 4. The third kappa shape index (κ3) is 3.26. The van der Waals surface area contributed by atoms with Crippen LogP contribution in [0.5, 0.6) is 0 Å². The number of rotatable bonds is 3. The van der Waals surface area contributed by atoms with Crippen LogP contribution in [-0.2, 0) is 16.6 Å². The fraction of sp³-hybridized carbons (Fsp3) is 0.345. The van der Waals surface area contributed by atoms with Crippen molar-refractivity contribution in [3.8, 4) is 17.2 Å². The van der Waals surface area contributed by atoms with Crippen LogP contribution in [0.25, 0.3) is 22.0 Å². The van der Waals surface area contributed by atoms with Crippen LogP contribution in [0.3, 0.4) is 0 Å². The number of H-pyrrole nitrogens is 1. The van der Waals surface area contributed by atoms with Crippen molar-refractivity contribution in [2.24, 2.45) is 0 Å². The maximum Gasteiger partial charge on any atom is 0.195 e. The summed E-state index contributed by atoms with van der Waals surface area (Å²) in [7, 11) is 0. The van der Waals surface area contributed by atoms with E-state index in [1.807, 2.05) is 18.3 Å². The van der Waals surface area contributed by atoms with Crippen molar-refractivity contribution in [1.29, 1.82) is 5.26 Å². The first-order chi connectivity index (χ1) is 16.9. The second-order valence-corrected chi connectivity index (χ2v) is 10.2. The smallest absolute Gasteiger partial charge is 0.195 e. The lowest BCUT2D eigenvalue weighted by molar-refractivity contribution is 0.0662. The molecule has 6 nitrogen and oxygen atoms in total. The van der Waals surface area contributed by atoms with E-state index in [2.05, 4.69) is 54.8 Å². The Hall–Kier alpha value is -3.69. The van der Waals surface area contributed by atoms with Crippen LogP contribution >= 0.6 is 0 Å². The number of ether oxygens (including phenoxy) is 1. The molecular weight excluding hydrogens is 436 g/mol.